The summed E-state index contributed by atoms with van der Waals surface area (Å²) < 4.78 is 5.57. The number of fused-ring (bicyclic) bond motifs is 3. The highest BCUT2D eigenvalue weighted by molar-refractivity contribution is 5.76. The highest BCUT2D eigenvalue weighted by Crippen LogP contribution is 2.37. The van der Waals surface area contributed by atoms with E-state index < -0.39 is 0 Å². The summed E-state index contributed by atoms with van der Waals surface area (Å²) in [7, 11) is 1.75. The minimum absolute atomic E-state index is 0.372. The molecular weight excluding hydrogens is 380 g/mol. The Balaban J connectivity index is 1.46. The van der Waals surface area contributed by atoms with Crippen molar-refractivity contribution in [1.82, 2.24) is 10.2 Å². The maximum atomic E-state index is 5.57. The van der Waals surface area contributed by atoms with Gasteiger partial charge in [-0.25, -0.2) is 0 Å². The lowest BCUT2D eigenvalue weighted by Gasteiger charge is -2.48. The zero-order valence-electron chi connectivity index (χ0n) is 18.1. The molecule has 3 aliphatic heterocycles. The summed E-state index contributed by atoms with van der Waals surface area (Å²) in [4.78, 5) is 2.58. The monoisotopic (exact) mass is 410 g/mol. The molecule has 3 aliphatic rings. The second kappa shape index (κ2) is 8.99. The van der Waals surface area contributed by atoms with Crippen LogP contribution in [0.1, 0.15) is 24.0 Å². The van der Waals surface area contributed by atoms with Gasteiger partial charge in [0.15, 0.2) is 0 Å². The van der Waals surface area contributed by atoms with Crippen molar-refractivity contribution < 1.29 is 4.74 Å². The lowest BCUT2D eigenvalue weighted by atomic mass is 9.80. The molecule has 3 aromatic carbocycles. The first-order valence-corrected chi connectivity index (χ1v) is 11.3. The Labute approximate surface area is 185 Å². The van der Waals surface area contributed by atoms with Gasteiger partial charge < -0.3 is 15.0 Å². The molecule has 3 fully saturated rings. The molecule has 3 nitrogen and oxygen atoms in total. The fourth-order valence-electron chi connectivity index (χ4n) is 5.11. The van der Waals surface area contributed by atoms with Gasteiger partial charge in [-0.15, -0.1) is 0 Å². The van der Waals surface area contributed by atoms with E-state index in [1.165, 1.54) is 40.8 Å². The van der Waals surface area contributed by atoms with Gasteiger partial charge in [0.1, 0.15) is 5.75 Å². The zero-order valence-corrected chi connectivity index (χ0v) is 18.1. The molecule has 0 saturated carbocycles. The molecule has 1 atom stereocenters. The molecule has 0 amide bonds. The Kier molecular flexibility index (Phi) is 5.77. The van der Waals surface area contributed by atoms with Gasteiger partial charge in [0.2, 0.25) is 0 Å². The van der Waals surface area contributed by atoms with Crippen LogP contribution in [0.4, 0.5) is 0 Å². The van der Waals surface area contributed by atoms with Crippen molar-refractivity contribution >= 4 is 6.08 Å². The van der Waals surface area contributed by atoms with Gasteiger partial charge in [0.05, 0.1) is 13.2 Å². The average molecular weight is 411 g/mol. The smallest absolute Gasteiger partial charge is 0.123 e. The predicted octanol–water partition coefficient (Wildman–Crippen LogP) is 5.59. The fourth-order valence-corrected chi connectivity index (χ4v) is 5.11. The first kappa shape index (κ1) is 19.9. The van der Waals surface area contributed by atoms with E-state index in [1.54, 1.807) is 7.11 Å². The fraction of sp³-hybridized carbons (Fsp3) is 0.286. The van der Waals surface area contributed by atoms with Crippen LogP contribution >= 0.6 is 0 Å². The standard InChI is InChI=1S/C28H30N2O/c1-31-27-14-8-6-12-24(27)20-29-28-22-15-17-30(18-16-22)26(28)19-23-11-5-7-13-25(23)21-9-3-2-4-10-21/h2-14,19,22,28-29H,15-18,20H2,1H3/b26-19-/t28-/m1/s1. The summed E-state index contributed by atoms with van der Waals surface area (Å²) >= 11 is 0. The Bertz CT molecular complexity index is 1050. The highest BCUT2D eigenvalue weighted by Gasteiger charge is 2.37. The Morgan fingerprint density at radius 1 is 0.903 bits per heavy atom. The van der Waals surface area contributed by atoms with Crippen LogP contribution in [0.5, 0.6) is 5.75 Å². The Morgan fingerprint density at radius 3 is 2.42 bits per heavy atom. The van der Waals surface area contributed by atoms with Gasteiger partial charge in [-0.1, -0.05) is 72.8 Å². The van der Waals surface area contributed by atoms with Crippen LogP contribution in [0.2, 0.25) is 0 Å². The Morgan fingerprint density at radius 2 is 1.61 bits per heavy atom. The van der Waals surface area contributed by atoms with Crippen LogP contribution in [0, 0.1) is 5.92 Å². The summed E-state index contributed by atoms with van der Waals surface area (Å²) in [5, 5.41) is 3.88. The second-order valence-electron chi connectivity index (χ2n) is 8.52. The minimum atomic E-state index is 0.372. The van der Waals surface area contributed by atoms with Crippen molar-refractivity contribution in [1.29, 1.82) is 0 Å². The van der Waals surface area contributed by atoms with Gasteiger partial charge in [-0.3, -0.25) is 0 Å². The molecule has 3 heterocycles. The molecule has 0 unspecified atom stereocenters. The number of rotatable bonds is 6. The summed E-state index contributed by atoms with van der Waals surface area (Å²) in [6.45, 7) is 3.14. The molecular formula is C28H30N2O. The third-order valence-corrected chi connectivity index (χ3v) is 6.75. The lowest BCUT2D eigenvalue weighted by Crippen LogP contribution is -2.54. The van der Waals surface area contributed by atoms with Crippen molar-refractivity contribution in [3.05, 3.63) is 95.7 Å². The van der Waals surface area contributed by atoms with E-state index in [4.69, 9.17) is 4.74 Å². The topological polar surface area (TPSA) is 24.5 Å². The Hall–Kier alpha value is -3.04. The summed E-state index contributed by atoms with van der Waals surface area (Å²) in [5.74, 6) is 1.64. The molecule has 1 N–H and O–H groups in total. The van der Waals surface area contributed by atoms with Crippen LogP contribution in [-0.4, -0.2) is 31.1 Å². The molecule has 0 aromatic heterocycles. The number of hydrogen-bond donors (Lipinski definition) is 1. The van der Waals surface area contributed by atoms with Crippen molar-refractivity contribution in [2.24, 2.45) is 5.92 Å². The van der Waals surface area contributed by atoms with Crippen LogP contribution in [0.25, 0.3) is 17.2 Å². The largest absolute Gasteiger partial charge is 0.496 e. The van der Waals surface area contributed by atoms with Crippen LogP contribution in [-0.2, 0) is 6.54 Å². The molecule has 3 heteroatoms. The van der Waals surface area contributed by atoms with Crippen molar-refractivity contribution in [3.63, 3.8) is 0 Å². The van der Waals surface area contributed by atoms with E-state index in [-0.39, 0.29) is 0 Å². The molecule has 2 bridgehead atoms. The predicted molar refractivity (Wildman–Crippen MR) is 128 cm³/mol. The van der Waals surface area contributed by atoms with E-state index in [9.17, 15) is 0 Å². The van der Waals surface area contributed by atoms with Gasteiger partial charge >= 0.3 is 0 Å². The van der Waals surface area contributed by atoms with Crippen LogP contribution in [0.3, 0.4) is 0 Å². The third-order valence-electron chi connectivity index (χ3n) is 6.75. The molecule has 3 saturated heterocycles. The van der Waals surface area contributed by atoms with Crippen molar-refractivity contribution in [2.75, 3.05) is 20.2 Å². The number of piperidine rings is 3. The molecule has 0 aliphatic carbocycles. The van der Waals surface area contributed by atoms with Gasteiger partial charge in [-0.2, -0.15) is 0 Å². The first-order chi connectivity index (χ1) is 15.3. The van der Waals surface area contributed by atoms with Gasteiger partial charge in [0.25, 0.3) is 0 Å². The molecule has 158 valence electrons. The van der Waals surface area contributed by atoms with Gasteiger partial charge in [0, 0.05) is 30.9 Å². The van der Waals surface area contributed by atoms with Crippen molar-refractivity contribution in [2.45, 2.75) is 25.4 Å². The van der Waals surface area contributed by atoms with E-state index in [0.717, 1.165) is 25.4 Å². The average Bonchev–Trinajstić information content (AvgIpc) is 2.85. The first-order valence-electron chi connectivity index (χ1n) is 11.3. The number of nitrogens with one attached hydrogen (secondary N) is 1. The van der Waals surface area contributed by atoms with Crippen LogP contribution < -0.4 is 10.1 Å². The van der Waals surface area contributed by atoms with E-state index in [0.29, 0.717) is 12.0 Å². The maximum Gasteiger partial charge on any atom is 0.123 e. The van der Waals surface area contributed by atoms with E-state index >= 15 is 0 Å². The summed E-state index contributed by atoms with van der Waals surface area (Å²) in [5.41, 5.74) is 6.50. The number of nitrogens with zero attached hydrogens (tertiary/aromatic N) is 1. The normalized spacial score (nSPS) is 21.5. The van der Waals surface area contributed by atoms with Crippen molar-refractivity contribution in [3.8, 4) is 16.9 Å². The summed E-state index contributed by atoms with van der Waals surface area (Å²) in [6, 6.07) is 28.1. The molecule has 0 radical (unpaired) electrons. The van der Waals surface area contributed by atoms with Crippen LogP contribution in [0.15, 0.2) is 84.6 Å². The second-order valence-corrected chi connectivity index (χ2v) is 8.52. The maximum absolute atomic E-state index is 5.57. The molecule has 6 rings (SSSR count). The number of hydrogen-bond acceptors (Lipinski definition) is 3. The number of para-hydroxylation sites is 1. The quantitative estimate of drug-likeness (QED) is 0.573. The third kappa shape index (κ3) is 4.11. The molecule has 3 aromatic rings. The highest BCUT2D eigenvalue weighted by atomic mass is 16.5. The van der Waals surface area contributed by atoms with Gasteiger partial charge in [-0.05, 0) is 47.6 Å². The zero-order chi connectivity index (χ0) is 21.0. The van der Waals surface area contributed by atoms with E-state index in [1.807, 2.05) is 12.1 Å². The molecule has 0 spiro atoms. The lowest BCUT2D eigenvalue weighted by molar-refractivity contribution is 0.123. The number of ether oxygens (including phenoxy) is 1. The number of benzene rings is 3. The summed E-state index contributed by atoms with van der Waals surface area (Å²) in [6.07, 6.45) is 4.95. The number of methoxy groups -OCH3 is 1. The SMILES string of the molecule is COc1ccccc1CN[C@H]1/C(=C/c2ccccc2-c2ccccc2)N2CCC1CC2. The van der Waals surface area contributed by atoms with E-state index in [2.05, 4.69) is 83.0 Å². The minimum Gasteiger partial charge on any atom is -0.496 e. The molecule has 31 heavy (non-hydrogen) atoms.